The zero-order valence-electron chi connectivity index (χ0n) is 10.3. The molecule has 0 aliphatic rings. The van der Waals surface area contributed by atoms with Gasteiger partial charge in [0.2, 0.25) is 5.88 Å². The van der Waals surface area contributed by atoms with Gasteiger partial charge in [0.1, 0.15) is 23.5 Å². The van der Waals surface area contributed by atoms with Gasteiger partial charge in [0, 0.05) is 12.1 Å². The number of hydrogen-bond acceptors (Lipinski definition) is 4. The highest BCUT2D eigenvalue weighted by molar-refractivity contribution is 5.41. The van der Waals surface area contributed by atoms with Crippen LogP contribution < -0.4 is 10.5 Å². The molecule has 0 bridgehead atoms. The molecule has 0 saturated carbocycles. The maximum atomic E-state index is 13.4. The number of anilines is 1. The highest BCUT2D eigenvalue weighted by Crippen LogP contribution is 2.33. The third-order valence-corrected chi connectivity index (χ3v) is 2.43. The Labute approximate surface area is 116 Å². The number of aromatic nitrogens is 1. The lowest BCUT2D eigenvalue weighted by molar-refractivity contribution is -0.137. The Morgan fingerprint density at radius 3 is 2.48 bits per heavy atom. The van der Waals surface area contributed by atoms with Crippen LogP contribution in [0.1, 0.15) is 11.1 Å². The standard InChI is InChI=1S/C13H7F4N3O/c14-10-5-9(2-1-7(10)6-18)21-12-4-8(13(15,16)17)3-11(19)20-12/h1-5H,(H2,19,20). The molecule has 0 aliphatic heterocycles. The van der Waals surface area contributed by atoms with Gasteiger partial charge < -0.3 is 10.5 Å². The predicted molar refractivity (Wildman–Crippen MR) is 64.8 cm³/mol. The number of nitrogen functional groups attached to an aromatic ring is 1. The molecule has 0 fully saturated rings. The third kappa shape index (κ3) is 3.39. The number of benzene rings is 1. The van der Waals surface area contributed by atoms with Crippen LogP contribution >= 0.6 is 0 Å². The maximum absolute atomic E-state index is 13.4. The maximum Gasteiger partial charge on any atom is 0.416 e. The van der Waals surface area contributed by atoms with Gasteiger partial charge in [-0.25, -0.2) is 4.39 Å². The molecule has 0 radical (unpaired) electrons. The lowest BCUT2D eigenvalue weighted by Crippen LogP contribution is -2.07. The first-order valence-electron chi connectivity index (χ1n) is 5.52. The zero-order valence-corrected chi connectivity index (χ0v) is 10.3. The monoisotopic (exact) mass is 297 g/mol. The van der Waals surface area contributed by atoms with E-state index < -0.39 is 23.4 Å². The third-order valence-electron chi connectivity index (χ3n) is 2.43. The van der Waals surface area contributed by atoms with E-state index in [4.69, 9.17) is 15.7 Å². The minimum atomic E-state index is -4.61. The van der Waals surface area contributed by atoms with Crippen LogP contribution in [0.5, 0.6) is 11.6 Å². The van der Waals surface area contributed by atoms with Crippen LogP contribution in [0, 0.1) is 17.1 Å². The van der Waals surface area contributed by atoms with E-state index in [0.717, 1.165) is 12.1 Å². The number of alkyl halides is 3. The van der Waals surface area contributed by atoms with Gasteiger partial charge in [-0.05, 0) is 18.2 Å². The van der Waals surface area contributed by atoms with E-state index in [-0.39, 0.29) is 17.1 Å². The summed E-state index contributed by atoms with van der Waals surface area (Å²) in [4.78, 5) is 3.58. The summed E-state index contributed by atoms with van der Waals surface area (Å²) in [6.07, 6.45) is -4.61. The van der Waals surface area contributed by atoms with Gasteiger partial charge in [-0.1, -0.05) is 0 Å². The lowest BCUT2D eigenvalue weighted by atomic mass is 10.2. The van der Waals surface area contributed by atoms with Crippen LogP contribution in [-0.2, 0) is 6.18 Å². The summed E-state index contributed by atoms with van der Waals surface area (Å²) in [5.41, 5.74) is 4.04. The fourth-order valence-corrected chi connectivity index (χ4v) is 1.51. The largest absolute Gasteiger partial charge is 0.439 e. The summed E-state index contributed by atoms with van der Waals surface area (Å²) in [7, 11) is 0. The summed E-state index contributed by atoms with van der Waals surface area (Å²) < 4.78 is 56.3. The molecule has 2 aromatic rings. The number of hydrogen-bond donors (Lipinski definition) is 1. The molecule has 0 saturated heterocycles. The topological polar surface area (TPSA) is 71.9 Å². The van der Waals surface area contributed by atoms with E-state index in [1.165, 1.54) is 6.07 Å². The number of nitriles is 1. The van der Waals surface area contributed by atoms with Crippen molar-refractivity contribution < 1.29 is 22.3 Å². The molecule has 4 nitrogen and oxygen atoms in total. The second-order valence-electron chi connectivity index (χ2n) is 3.97. The van der Waals surface area contributed by atoms with Crippen LogP contribution in [-0.4, -0.2) is 4.98 Å². The number of nitrogens with zero attached hydrogens (tertiary/aromatic N) is 2. The molecule has 2 rings (SSSR count). The van der Waals surface area contributed by atoms with Crippen molar-refractivity contribution in [1.29, 1.82) is 5.26 Å². The second kappa shape index (κ2) is 5.28. The quantitative estimate of drug-likeness (QED) is 0.861. The van der Waals surface area contributed by atoms with Crippen molar-refractivity contribution in [2.75, 3.05) is 5.73 Å². The summed E-state index contributed by atoms with van der Waals surface area (Å²) in [6.45, 7) is 0. The van der Waals surface area contributed by atoms with E-state index in [9.17, 15) is 17.6 Å². The molecule has 0 spiro atoms. The van der Waals surface area contributed by atoms with E-state index in [1.54, 1.807) is 6.07 Å². The van der Waals surface area contributed by atoms with Crippen molar-refractivity contribution in [1.82, 2.24) is 4.98 Å². The van der Waals surface area contributed by atoms with Crippen LogP contribution in [0.3, 0.4) is 0 Å². The molecular formula is C13H7F4N3O. The molecule has 2 N–H and O–H groups in total. The average molecular weight is 297 g/mol. The molecule has 1 aromatic carbocycles. The molecule has 108 valence electrons. The molecule has 1 aromatic heterocycles. The van der Waals surface area contributed by atoms with Crippen molar-refractivity contribution in [2.24, 2.45) is 0 Å². The van der Waals surface area contributed by atoms with Crippen LogP contribution in [0.15, 0.2) is 30.3 Å². The highest BCUT2D eigenvalue weighted by atomic mass is 19.4. The fraction of sp³-hybridized carbons (Fsp3) is 0.0769. The second-order valence-corrected chi connectivity index (χ2v) is 3.97. The molecule has 0 unspecified atom stereocenters. The minimum absolute atomic E-state index is 0.0993. The number of pyridine rings is 1. The van der Waals surface area contributed by atoms with Crippen molar-refractivity contribution in [3.63, 3.8) is 0 Å². The van der Waals surface area contributed by atoms with Crippen molar-refractivity contribution in [2.45, 2.75) is 6.18 Å². The predicted octanol–water partition coefficient (Wildman–Crippen LogP) is 3.49. The first-order chi connectivity index (χ1) is 9.79. The van der Waals surface area contributed by atoms with Gasteiger partial charge >= 0.3 is 6.18 Å². The number of nitrogens with two attached hydrogens (primary N) is 1. The zero-order chi connectivity index (χ0) is 15.6. The average Bonchev–Trinajstić information content (AvgIpc) is 2.37. The van der Waals surface area contributed by atoms with Crippen LogP contribution in [0.4, 0.5) is 23.4 Å². The summed E-state index contributed by atoms with van der Waals surface area (Å²) in [5, 5.41) is 8.58. The molecule has 0 aliphatic carbocycles. The number of halogens is 4. The SMILES string of the molecule is N#Cc1ccc(Oc2cc(C(F)(F)F)cc(N)n2)cc1F. The van der Waals surface area contributed by atoms with E-state index in [1.807, 2.05) is 0 Å². The van der Waals surface area contributed by atoms with Gasteiger partial charge in [0.15, 0.2) is 0 Å². The van der Waals surface area contributed by atoms with E-state index >= 15 is 0 Å². The molecular weight excluding hydrogens is 290 g/mol. The molecule has 21 heavy (non-hydrogen) atoms. The Hall–Kier alpha value is -2.82. The Morgan fingerprint density at radius 2 is 1.90 bits per heavy atom. The number of rotatable bonds is 2. The molecule has 0 amide bonds. The Kier molecular flexibility index (Phi) is 3.67. The van der Waals surface area contributed by atoms with E-state index in [2.05, 4.69) is 4.98 Å². The number of ether oxygens (including phenoxy) is 1. The highest BCUT2D eigenvalue weighted by Gasteiger charge is 2.31. The van der Waals surface area contributed by atoms with Gasteiger partial charge in [0.25, 0.3) is 0 Å². The van der Waals surface area contributed by atoms with E-state index in [0.29, 0.717) is 12.1 Å². The Balaban J connectivity index is 2.34. The smallest absolute Gasteiger partial charge is 0.416 e. The minimum Gasteiger partial charge on any atom is -0.439 e. The Bertz CT molecular complexity index is 722. The first kappa shape index (κ1) is 14.6. The molecule has 8 heteroatoms. The molecule has 1 heterocycles. The molecule has 0 atom stereocenters. The van der Waals surface area contributed by atoms with Crippen molar-refractivity contribution >= 4 is 5.82 Å². The van der Waals surface area contributed by atoms with Crippen molar-refractivity contribution in [3.05, 3.63) is 47.3 Å². The van der Waals surface area contributed by atoms with Gasteiger partial charge in [-0.15, -0.1) is 0 Å². The van der Waals surface area contributed by atoms with Gasteiger partial charge in [-0.3, -0.25) is 0 Å². The van der Waals surface area contributed by atoms with Crippen LogP contribution in [0.2, 0.25) is 0 Å². The first-order valence-corrected chi connectivity index (χ1v) is 5.52. The normalized spacial score (nSPS) is 11.0. The van der Waals surface area contributed by atoms with Gasteiger partial charge in [0.05, 0.1) is 11.1 Å². The summed E-state index contributed by atoms with van der Waals surface area (Å²) >= 11 is 0. The lowest BCUT2D eigenvalue weighted by Gasteiger charge is -2.10. The summed E-state index contributed by atoms with van der Waals surface area (Å²) in [6, 6.07) is 6.16. The van der Waals surface area contributed by atoms with Crippen molar-refractivity contribution in [3.8, 4) is 17.7 Å². The van der Waals surface area contributed by atoms with Gasteiger partial charge in [-0.2, -0.15) is 23.4 Å². The van der Waals surface area contributed by atoms with Crippen LogP contribution in [0.25, 0.3) is 0 Å². The summed E-state index contributed by atoms with van der Waals surface area (Å²) in [5.74, 6) is -1.76. The Morgan fingerprint density at radius 1 is 1.19 bits per heavy atom. The fourth-order valence-electron chi connectivity index (χ4n) is 1.51.